The zero-order valence-electron chi connectivity index (χ0n) is 9.57. The Balaban J connectivity index is 2.72. The van der Waals surface area contributed by atoms with E-state index in [-0.39, 0.29) is 29.2 Å². The van der Waals surface area contributed by atoms with Crippen molar-refractivity contribution >= 4 is 27.5 Å². The minimum Gasteiger partial charge on any atom is -0.351 e. The minimum atomic E-state index is -0.544. The lowest BCUT2D eigenvalue weighted by Gasteiger charge is -2.19. The Morgan fingerprint density at radius 3 is 2.71 bits per heavy atom. The number of carbonyl (C=O) groups is 1. The van der Waals surface area contributed by atoms with E-state index in [1.165, 1.54) is 12.3 Å². The predicted octanol–water partition coefficient (Wildman–Crippen LogP) is 2.07. The summed E-state index contributed by atoms with van der Waals surface area (Å²) in [4.78, 5) is 24.3. The van der Waals surface area contributed by atoms with Gasteiger partial charge in [0.1, 0.15) is 5.69 Å². The maximum absolute atomic E-state index is 11.8. The monoisotopic (exact) mass is 303 g/mol. The summed E-state index contributed by atoms with van der Waals surface area (Å²) < 4.78 is 0. The molecule has 0 spiro atoms. The lowest BCUT2D eigenvalue weighted by molar-refractivity contribution is -0.384. The lowest BCUT2D eigenvalue weighted by atomic mass is 10.1. The molecule has 1 atom stereocenters. The van der Waals surface area contributed by atoms with Gasteiger partial charge in [0, 0.05) is 17.4 Å². The summed E-state index contributed by atoms with van der Waals surface area (Å²) in [6.07, 6.45) is 1.20. The molecule has 0 saturated heterocycles. The van der Waals surface area contributed by atoms with Gasteiger partial charge >= 0.3 is 0 Å². The van der Waals surface area contributed by atoms with E-state index in [4.69, 9.17) is 0 Å². The zero-order valence-corrected chi connectivity index (χ0v) is 11.2. The highest BCUT2D eigenvalue weighted by atomic mass is 79.9. The van der Waals surface area contributed by atoms with Gasteiger partial charge in [-0.1, -0.05) is 29.8 Å². The molecule has 0 fully saturated rings. The van der Waals surface area contributed by atoms with Crippen LogP contribution >= 0.6 is 15.9 Å². The summed E-state index contributed by atoms with van der Waals surface area (Å²) >= 11 is 3.31. The first-order chi connectivity index (χ1) is 7.95. The second kappa shape index (κ2) is 5.81. The summed E-state index contributed by atoms with van der Waals surface area (Å²) in [6, 6.07) is 1.21. The Kier molecular flexibility index (Phi) is 4.68. The van der Waals surface area contributed by atoms with Crippen LogP contribution in [0.15, 0.2) is 12.3 Å². The molecule has 0 radical (unpaired) electrons. The molecular weight excluding hydrogens is 290 g/mol. The Labute approximate surface area is 107 Å². The lowest BCUT2D eigenvalue weighted by Crippen LogP contribution is -2.39. The third kappa shape index (κ3) is 3.55. The predicted molar refractivity (Wildman–Crippen MR) is 67.3 cm³/mol. The van der Waals surface area contributed by atoms with Gasteiger partial charge in [-0.25, -0.2) is 0 Å². The largest absolute Gasteiger partial charge is 0.351 e. The van der Waals surface area contributed by atoms with Crippen LogP contribution in [0.1, 0.15) is 24.3 Å². The molecule has 2 N–H and O–H groups in total. The van der Waals surface area contributed by atoms with Crippen molar-refractivity contribution in [2.24, 2.45) is 5.92 Å². The van der Waals surface area contributed by atoms with Gasteiger partial charge in [-0.2, -0.15) is 0 Å². The molecule has 0 bridgehead atoms. The molecular formula is C10H14BrN3O3. The number of hydrogen-bond acceptors (Lipinski definition) is 3. The number of nitro groups is 1. The van der Waals surface area contributed by atoms with Gasteiger partial charge in [-0.05, 0) is 5.92 Å². The molecule has 6 nitrogen and oxygen atoms in total. The van der Waals surface area contributed by atoms with Crippen molar-refractivity contribution in [1.29, 1.82) is 0 Å². The van der Waals surface area contributed by atoms with Gasteiger partial charge in [0.05, 0.1) is 11.1 Å². The average molecular weight is 304 g/mol. The Hall–Kier alpha value is -1.37. The third-order valence-electron chi connectivity index (χ3n) is 2.41. The third-order valence-corrected chi connectivity index (χ3v) is 3.11. The van der Waals surface area contributed by atoms with E-state index in [9.17, 15) is 14.9 Å². The maximum Gasteiger partial charge on any atom is 0.287 e. The van der Waals surface area contributed by atoms with Crippen molar-refractivity contribution in [2.75, 3.05) is 5.33 Å². The van der Waals surface area contributed by atoms with Crippen LogP contribution in [0.5, 0.6) is 0 Å². The average Bonchev–Trinajstić information content (AvgIpc) is 2.74. The fourth-order valence-corrected chi connectivity index (χ4v) is 2.16. The van der Waals surface area contributed by atoms with Gasteiger partial charge in [0.15, 0.2) is 0 Å². The summed E-state index contributed by atoms with van der Waals surface area (Å²) in [5.41, 5.74) is 0.0818. The summed E-state index contributed by atoms with van der Waals surface area (Å²) in [5.74, 6) is -0.0560. The molecule has 1 aromatic heterocycles. The fourth-order valence-electron chi connectivity index (χ4n) is 1.25. The van der Waals surface area contributed by atoms with Crippen LogP contribution in [0.2, 0.25) is 0 Å². The molecule has 0 aromatic carbocycles. The van der Waals surface area contributed by atoms with Gasteiger partial charge in [0.25, 0.3) is 11.6 Å². The summed E-state index contributed by atoms with van der Waals surface area (Å²) in [7, 11) is 0. The molecule has 1 amide bonds. The van der Waals surface area contributed by atoms with Crippen molar-refractivity contribution in [2.45, 2.75) is 19.9 Å². The standard InChI is InChI=1S/C10H14BrN3O3/c1-6(2)9(4-11)13-10(15)8-3-7(5-12-8)14(16)17/h3,5-6,9,12H,4H2,1-2H3,(H,13,15). The second-order valence-electron chi connectivity index (χ2n) is 4.01. The number of carbonyl (C=O) groups excluding carboxylic acids is 1. The van der Waals surface area contributed by atoms with Crippen LogP contribution in [0.3, 0.4) is 0 Å². The zero-order chi connectivity index (χ0) is 13.0. The number of aromatic nitrogens is 1. The second-order valence-corrected chi connectivity index (χ2v) is 4.65. The number of nitrogens with zero attached hydrogens (tertiary/aromatic N) is 1. The molecule has 0 aliphatic heterocycles. The van der Waals surface area contributed by atoms with E-state index in [1.54, 1.807) is 0 Å². The first-order valence-corrected chi connectivity index (χ1v) is 6.27. The van der Waals surface area contributed by atoms with Crippen molar-refractivity contribution < 1.29 is 9.72 Å². The number of alkyl halides is 1. The first-order valence-electron chi connectivity index (χ1n) is 5.15. The van der Waals surface area contributed by atoms with Crippen molar-refractivity contribution in [1.82, 2.24) is 10.3 Å². The molecule has 1 rings (SSSR count). The number of halogens is 1. The van der Waals surface area contributed by atoms with Gasteiger partial charge < -0.3 is 10.3 Å². The molecule has 0 saturated carbocycles. The highest BCUT2D eigenvalue weighted by Gasteiger charge is 2.19. The number of hydrogen-bond donors (Lipinski definition) is 2. The van der Waals surface area contributed by atoms with E-state index in [1.807, 2.05) is 13.8 Å². The molecule has 17 heavy (non-hydrogen) atoms. The topological polar surface area (TPSA) is 88.0 Å². The number of aromatic amines is 1. The Morgan fingerprint density at radius 2 is 2.29 bits per heavy atom. The number of nitrogens with one attached hydrogen (secondary N) is 2. The summed E-state index contributed by atoms with van der Waals surface area (Å²) in [5, 5.41) is 13.9. The molecule has 1 aromatic rings. The quantitative estimate of drug-likeness (QED) is 0.496. The van der Waals surface area contributed by atoms with E-state index < -0.39 is 4.92 Å². The highest BCUT2D eigenvalue weighted by Crippen LogP contribution is 2.13. The van der Waals surface area contributed by atoms with Gasteiger partial charge in [0.2, 0.25) is 0 Å². The first kappa shape index (κ1) is 13.7. The van der Waals surface area contributed by atoms with Gasteiger partial charge in [-0.15, -0.1) is 0 Å². The Bertz CT molecular complexity index is 417. The van der Waals surface area contributed by atoms with Crippen LogP contribution < -0.4 is 5.32 Å². The van der Waals surface area contributed by atoms with Crippen LogP contribution in [0.25, 0.3) is 0 Å². The number of amides is 1. The van der Waals surface area contributed by atoms with E-state index >= 15 is 0 Å². The molecule has 0 aliphatic rings. The number of rotatable bonds is 5. The Morgan fingerprint density at radius 1 is 1.65 bits per heavy atom. The smallest absolute Gasteiger partial charge is 0.287 e. The fraction of sp³-hybridized carbons (Fsp3) is 0.500. The SMILES string of the molecule is CC(C)C(CBr)NC(=O)c1cc([N+](=O)[O-])c[nH]1. The van der Waals surface area contributed by atoms with Crippen LogP contribution in [0.4, 0.5) is 5.69 Å². The van der Waals surface area contributed by atoms with E-state index in [2.05, 4.69) is 26.2 Å². The highest BCUT2D eigenvalue weighted by molar-refractivity contribution is 9.09. The number of H-pyrrole nitrogens is 1. The normalized spacial score (nSPS) is 12.5. The van der Waals surface area contributed by atoms with Crippen LogP contribution in [-0.4, -0.2) is 27.2 Å². The molecule has 0 aliphatic carbocycles. The molecule has 1 heterocycles. The van der Waals surface area contributed by atoms with E-state index in [0.717, 1.165) is 0 Å². The molecule has 1 unspecified atom stereocenters. The van der Waals surface area contributed by atoms with Crippen molar-refractivity contribution in [3.63, 3.8) is 0 Å². The van der Waals surface area contributed by atoms with E-state index in [0.29, 0.717) is 5.33 Å². The van der Waals surface area contributed by atoms with Crippen LogP contribution in [-0.2, 0) is 0 Å². The van der Waals surface area contributed by atoms with Gasteiger partial charge in [-0.3, -0.25) is 14.9 Å². The summed E-state index contributed by atoms with van der Waals surface area (Å²) in [6.45, 7) is 3.98. The van der Waals surface area contributed by atoms with Crippen molar-refractivity contribution in [3.05, 3.63) is 28.1 Å². The minimum absolute atomic E-state index is 0.00939. The molecule has 94 valence electrons. The van der Waals surface area contributed by atoms with Crippen LogP contribution in [0, 0.1) is 16.0 Å². The van der Waals surface area contributed by atoms with Crippen molar-refractivity contribution in [3.8, 4) is 0 Å². The molecule has 7 heteroatoms. The maximum atomic E-state index is 11.8.